The molecule has 0 bridgehead atoms. The summed E-state index contributed by atoms with van der Waals surface area (Å²) in [5.74, 6) is 5.32. The molecule has 4 aromatic rings. The summed E-state index contributed by atoms with van der Waals surface area (Å²) in [5, 5.41) is 2.00. The lowest BCUT2D eigenvalue weighted by atomic mass is 10.0. The average Bonchev–Trinajstić information content (AvgIpc) is 3.34. The Hall–Kier alpha value is -3.25. The smallest absolute Gasteiger partial charge is 0.213 e. The normalized spacial score (nSPS) is 11.4. The molecule has 0 atom stereocenters. The summed E-state index contributed by atoms with van der Waals surface area (Å²) >= 11 is 8.86. The van der Waals surface area contributed by atoms with E-state index in [4.69, 9.17) is 22.2 Å². The molecule has 3 heterocycles. The van der Waals surface area contributed by atoms with Crippen LogP contribution in [0.2, 0.25) is 5.02 Å². The van der Waals surface area contributed by atoms with Crippen LogP contribution in [0.3, 0.4) is 0 Å². The van der Waals surface area contributed by atoms with Crippen LogP contribution >= 0.6 is 34.9 Å². The van der Waals surface area contributed by atoms with Crippen LogP contribution in [0.5, 0.6) is 11.5 Å². The number of pyridine rings is 2. The van der Waals surface area contributed by atoms with Gasteiger partial charge in [-0.05, 0) is 42.6 Å². The van der Waals surface area contributed by atoms with E-state index in [0.717, 1.165) is 11.9 Å². The quantitative estimate of drug-likeness (QED) is 0.109. The summed E-state index contributed by atoms with van der Waals surface area (Å²) in [4.78, 5) is 12.3. The van der Waals surface area contributed by atoms with Crippen molar-refractivity contribution in [2.24, 2.45) is 5.84 Å². The van der Waals surface area contributed by atoms with Gasteiger partial charge in [-0.2, -0.15) is 4.39 Å². The first-order valence-electron chi connectivity index (χ1n) is 9.68. The molecule has 174 valence electrons. The Balaban J connectivity index is 1.64. The Morgan fingerprint density at radius 1 is 1.18 bits per heavy atom. The molecule has 0 amide bonds. The molecule has 0 radical (unpaired) electrons. The zero-order valence-electron chi connectivity index (χ0n) is 17.6. The van der Waals surface area contributed by atoms with Crippen LogP contribution in [0.4, 0.5) is 14.6 Å². The predicted molar refractivity (Wildman–Crippen MR) is 131 cm³/mol. The zero-order chi connectivity index (χ0) is 24.1. The monoisotopic (exact) mass is 518 g/mol. The number of nitrogens with two attached hydrogens (primary N) is 1. The molecule has 3 aromatic heterocycles. The first kappa shape index (κ1) is 23.9. The fourth-order valence-corrected chi connectivity index (χ4v) is 4.40. The van der Waals surface area contributed by atoms with Gasteiger partial charge in [-0.1, -0.05) is 11.6 Å². The highest BCUT2D eigenvalue weighted by atomic mass is 35.5. The summed E-state index contributed by atoms with van der Waals surface area (Å²) in [5.41, 5.74) is 6.46. The van der Waals surface area contributed by atoms with E-state index in [0.29, 0.717) is 34.0 Å². The maximum atomic E-state index is 14.8. The van der Waals surface area contributed by atoms with E-state index in [1.807, 2.05) is 0 Å². The van der Waals surface area contributed by atoms with Crippen molar-refractivity contribution < 1.29 is 13.5 Å². The molecule has 0 aliphatic heterocycles. The summed E-state index contributed by atoms with van der Waals surface area (Å²) in [6.07, 6.45) is 4.37. The Morgan fingerprint density at radius 2 is 2.03 bits per heavy atom. The number of halogens is 3. The number of hydrogen-bond acceptors (Lipinski definition) is 9. The Morgan fingerprint density at radius 3 is 2.76 bits per heavy atom. The first-order chi connectivity index (χ1) is 16.4. The first-order valence-corrected chi connectivity index (χ1v) is 11.8. The summed E-state index contributed by atoms with van der Waals surface area (Å²) in [6.45, 7) is 1.80. The van der Waals surface area contributed by atoms with Gasteiger partial charge in [-0.25, -0.2) is 14.4 Å². The molecule has 0 aliphatic carbocycles. The topological polar surface area (TPSA) is 98.0 Å². The molecular weight excluding hydrogens is 502 g/mol. The fraction of sp³-hybridized carbons (Fsp3) is 0.0455. The third-order valence-corrected chi connectivity index (χ3v) is 6.24. The van der Waals surface area contributed by atoms with Crippen LogP contribution in [0.1, 0.15) is 12.5 Å². The SMILES string of the molecule is C/C(=C\NN)c1cc(-c2ccnc(F)c2)ncc1Oc1cc(F)c(SNc2cscn2)cc1Cl. The minimum absolute atomic E-state index is 0.108. The molecule has 34 heavy (non-hydrogen) atoms. The second kappa shape index (κ2) is 10.8. The largest absolute Gasteiger partial charge is 0.453 e. The summed E-state index contributed by atoms with van der Waals surface area (Å²) in [6, 6.07) is 7.28. The maximum absolute atomic E-state index is 14.8. The van der Waals surface area contributed by atoms with Gasteiger partial charge in [-0.15, -0.1) is 11.3 Å². The van der Waals surface area contributed by atoms with Gasteiger partial charge in [0.05, 0.1) is 27.3 Å². The van der Waals surface area contributed by atoms with Crippen molar-refractivity contribution in [3.05, 3.63) is 82.2 Å². The Labute approximate surface area is 207 Å². The minimum atomic E-state index is -0.624. The molecule has 0 saturated heterocycles. The van der Waals surface area contributed by atoms with E-state index >= 15 is 0 Å². The van der Waals surface area contributed by atoms with E-state index in [-0.39, 0.29) is 15.7 Å². The van der Waals surface area contributed by atoms with Crippen LogP contribution in [-0.4, -0.2) is 15.0 Å². The lowest BCUT2D eigenvalue weighted by Gasteiger charge is -2.15. The number of nitrogens with one attached hydrogen (secondary N) is 2. The number of ether oxygens (including phenoxy) is 1. The molecule has 0 spiro atoms. The molecule has 0 aliphatic rings. The van der Waals surface area contributed by atoms with Crippen LogP contribution < -0.4 is 20.7 Å². The molecule has 0 saturated carbocycles. The van der Waals surface area contributed by atoms with Crippen molar-refractivity contribution >= 4 is 46.3 Å². The highest BCUT2D eigenvalue weighted by Crippen LogP contribution is 2.38. The molecular formula is C22H17ClF2N6OS2. The van der Waals surface area contributed by atoms with Crippen molar-refractivity contribution in [1.82, 2.24) is 20.4 Å². The molecule has 4 rings (SSSR count). The highest BCUT2D eigenvalue weighted by Gasteiger charge is 2.16. The maximum Gasteiger partial charge on any atom is 0.213 e. The van der Waals surface area contributed by atoms with Crippen LogP contribution in [0.25, 0.3) is 16.8 Å². The summed E-state index contributed by atoms with van der Waals surface area (Å²) < 4.78 is 37.2. The number of hydrazine groups is 1. The van der Waals surface area contributed by atoms with Gasteiger partial charge in [0.2, 0.25) is 5.95 Å². The zero-order valence-corrected chi connectivity index (χ0v) is 19.9. The minimum Gasteiger partial charge on any atom is -0.453 e. The van der Waals surface area contributed by atoms with Crippen molar-refractivity contribution in [2.45, 2.75) is 11.8 Å². The van der Waals surface area contributed by atoms with Gasteiger partial charge >= 0.3 is 0 Å². The number of allylic oxidation sites excluding steroid dienone is 1. The standard InChI is InChI=1S/C22H17ClF2N6OS2/c1-12(8-30-26)14-5-17(13-2-3-27-21(25)4-13)28-9-19(14)32-18-7-16(24)20(6-15(18)23)34-31-22-10-33-11-29-22/h2-11,30-31H,26H2,1H3/b12-8+. The third kappa shape index (κ3) is 5.62. The molecule has 1 aromatic carbocycles. The molecule has 12 heteroatoms. The Kier molecular flexibility index (Phi) is 7.58. The van der Waals surface area contributed by atoms with E-state index in [9.17, 15) is 8.78 Å². The number of benzene rings is 1. The molecule has 0 unspecified atom stereocenters. The van der Waals surface area contributed by atoms with Gasteiger partial charge in [0, 0.05) is 41.0 Å². The number of hydrogen-bond donors (Lipinski definition) is 3. The van der Waals surface area contributed by atoms with Crippen molar-refractivity contribution in [3.63, 3.8) is 0 Å². The lowest BCUT2D eigenvalue weighted by Crippen LogP contribution is -2.13. The van der Waals surface area contributed by atoms with Crippen LogP contribution in [0.15, 0.2) is 64.7 Å². The van der Waals surface area contributed by atoms with Crippen molar-refractivity contribution in [2.75, 3.05) is 4.72 Å². The fourth-order valence-electron chi connectivity index (χ4n) is 2.91. The number of aromatic nitrogens is 3. The van der Waals surface area contributed by atoms with Gasteiger partial charge < -0.3 is 14.9 Å². The number of nitrogens with zero attached hydrogens (tertiary/aromatic N) is 3. The molecule has 7 nitrogen and oxygen atoms in total. The van der Waals surface area contributed by atoms with Crippen LogP contribution in [-0.2, 0) is 0 Å². The van der Waals surface area contributed by atoms with Gasteiger partial charge in [-0.3, -0.25) is 10.8 Å². The Bertz CT molecular complexity index is 1340. The highest BCUT2D eigenvalue weighted by molar-refractivity contribution is 8.00. The molecule has 4 N–H and O–H groups in total. The van der Waals surface area contributed by atoms with Crippen LogP contribution in [0, 0.1) is 11.8 Å². The van der Waals surface area contributed by atoms with E-state index in [1.54, 1.807) is 36.1 Å². The van der Waals surface area contributed by atoms with E-state index in [1.165, 1.54) is 41.9 Å². The number of anilines is 1. The van der Waals surface area contributed by atoms with E-state index in [2.05, 4.69) is 25.1 Å². The third-order valence-electron chi connectivity index (χ3n) is 4.52. The average molecular weight is 519 g/mol. The summed E-state index contributed by atoms with van der Waals surface area (Å²) in [7, 11) is 0. The lowest BCUT2D eigenvalue weighted by molar-refractivity contribution is 0.471. The van der Waals surface area contributed by atoms with Crippen molar-refractivity contribution in [1.29, 1.82) is 0 Å². The molecule has 0 fully saturated rings. The van der Waals surface area contributed by atoms with Gasteiger partial charge in [0.25, 0.3) is 0 Å². The number of rotatable bonds is 8. The van der Waals surface area contributed by atoms with E-state index < -0.39 is 11.8 Å². The second-order valence-corrected chi connectivity index (χ2v) is 8.79. The predicted octanol–water partition coefficient (Wildman–Crippen LogP) is 6.27. The van der Waals surface area contributed by atoms with Crippen molar-refractivity contribution in [3.8, 4) is 22.8 Å². The van der Waals surface area contributed by atoms with Gasteiger partial charge in [0.15, 0.2) is 5.75 Å². The van der Waals surface area contributed by atoms with Gasteiger partial charge in [0.1, 0.15) is 17.4 Å². The number of thiazole rings is 1. The second-order valence-electron chi connectivity index (χ2n) is 6.82.